The molecule has 24 heavy (non-hydrogen) atoms. The van der Waals surface area contributed by atoms with Crippen LogP contribution in [0.5, 0.6) is 11.5 Å². The third-order valence-corrected chi connectivity index (χ3v) is 6.17. The van der Waals surface area contributed by atoms with Crippen molar-refractivity contribution in [3.05, 3.63) is 23.3 Å². The number of ether oxygens (including phenoxy) is 1. The third-order valence-electron chi connectivity index (χ3n) is 6.17. The summed E-state index contributed by atoms with van der Waals surface area (Å²) in [5, 5.41) is 21.6. The van der Waals surface area contributed by atoms with Gasteiger partial charge in [0.1, 0.15) is 17.1 Å². The van der Waals surface area contributed by atoms with Gasteiger partial charge in [0.15, 0.2) is 0 Å². The van der Waals surface area contributed by atoms with E-state index in [0.717, 1.165) is 42.6 Å². The summed E-state index contributed by atoms with van der Waals surface area (Å²) in [5.74, 6) is 1.56. The summed E-state index contributed by atoms with van der Waals surface area (Å²) < 4.78 is 6.33. The van der Waals surface area contributed by atoms with Gasteiger partial charge in [-0.15, -0.1) is 0 Å². The summed E-state index contributed by atoms with van der Waals surface area (Å²) in [6, 6.07) is 3.98. The summed E-state index contributed by atoms with van der Waals surface area (Å²) in [5.41, 5.74) is 1.65. The molecule has 0 radical (unpaired) electrons. The van der Waals surface area contributed by atoms with Crippen molar-refractivity contribution >= 4 is 0 Å². The number of aliphatic hydroxyl groups is 1. The molecule has 1 aromatic rings. The number of phenols is 1. The first-order valence-corrected chi connectivity index (χ1v) is 9.58. The predicted molar refractivity (Wildman–Crippen MR) is 96.7 cm³/mol. The molecule has 1 aliphatic heterocycles. The zero-order chi connectivity index (χ0) is 17.5. The zero-order valence-electron chi connectivity index (χ0n) is 15.5. The lowest BCUT2D eigenvalue weighted by Crippen LogP contribution is -2.51. The minimum absolute atomic E-state index is 0.0304. The molecule has 0 amide bonds. The molecule has 1 heterocycles. The highest BCUT2D eigenvalue weighted by atomic mass is 16.5. The summed E-state index contributed by atoms with van der Waals surface area (Å²) in [6.07, 6.45) is 6.12. The van der Waals surface area contributed by atoms with Gasteiger partial charge in [-0.2, -0.15) is 0 Å². The van der Waals surface area contributed by atoms with Crippen molar-refractivity contribution in [2.75, 3.05) is 0 Å². The van der Waals surface area contributed by atoms with Crippen LogP contribution in [0, 0.1) is 11.8 Å². The zero-order valence-corrected chi connectivity index (χ0v) is 15.5. The number of fused-ring (bicyclic) bond motifs is 3. The van der Waals surface area contributed by atoms with Crippen molar-refractivity contribution in [2.24, 2.45) is 11.8 Å². The average Bonchev–Trinajstić information content (AvgIpc) is 2.50. The Labute approximate surface area is 146 Å². The topological polar surface area (TPSA) is 49.7 Å². The van der Waals surface area contributed by atoms with Gasteiger partial charge in [-0.25, -0.2) is 0 Å². The number of benzene rings is 1. The summed E-state index contributed by atoms with van der Waals surface area (Å²) in [7, 11) is 0. The Morgan fingerprint density at radius 2 is 1.96 bits per heavy atom. The Kier molecular flexibility index (Phi) is 4.83. The number of unbranched alkanes of at least 4 members (excludes halogenated alkanes) is 2. The van der Waals surface area contributed by atoms with Crippen LogP contribution >= 0.6 is 0 Å². The monoisotopic (exact) mass is 332 g/mol. The lowest BCUT2D eigenvalue weighted by Gasteiger charge is -2.50. The standard InChI is InChI=1S/C21H32O3/c1-5-6-7-8-14-11-16(22)19-17(12-14)24-21(3,4)15-10-9-13(2)20(23)18(15)19/h11-13,15,18,20,22-23H,5-10H2,1-4H3/t13-,15+,18?,20-/m0/s1. The number of aryl methyl sites for hydroxylation is 1. The lowest BCUT2D eigenvalue weighted by molar-refractivity contribution is -0.0662. The average molecular weight is 332 g/mol. The molecule has 3 rings (SSSR count). The molecule has 3 heteroatoms. The van der Waals surface area contributed by atoms with Crippen molar-refractivity contribution in [3.63, 3.8) is 0 Å². The third kappa shape index (κ3) is 3.03. The quantitative estimate of drug-likeness (QED) is 0.780. The number of rotatable bonds is 4. The molecular weight excluding hydrogens is 300 g/mol. The predicted octanol–water partition coefficient (Wildman–Crippen LogP) is 4.79. The number of aromatic hydroxyl groups is 1. The molecule has 1 saturated carbocycles. The van der Waals surface area contributed by atoms with Crippen molar-refractivity contribution in [2.45, 2.75) is 83.8 Å². The highest BCUT2D eigenvalue weighted by Gasteiger charge is 2.50. The maximum Gasteiger partial charge on any atom is 0.127 e. The van der Waals surface area contributed by atoms with E-state index in [0.29, 0.717) is 5.75 Å². The van der Waals surface area contributed by atoms with E-state index < -0.39 is 6.10 Å². The van der Waals surface area contributed by atoms with Gasteiger partial charge in [-0.3, -0.25) is 0 Å². The van der Waals surface area contributed by atoms with E-state index in [-0.39, 0.29) is 23.4 Å². The van der Waals surface area contributed by atoms with Gasteiger partial charge in [0, 0.05) is 17.4 Å². The largest absolute Gasteiger partial charge is 0.508 e. The minimum Gasteiger partial charge on any atom is -0.508 e. The Morgan fingerprint density at radius 1 is 1.21 bits per heavy atom. The number of aliphatic hydroxyl groups excluding tert-OH is 1. The van der Waals surface area contributed by atoms with Crippen LogP contribution in [-0.2, 0) is 6.42 Å². The summed E-state index contributed by atoms with van der Waals surface area (Å²) >= 11 is 0. The van der Waals surface area contributed by atoms with E-state index in [1.165, 1.54) is 12.8 Å². The van der Waals surface area contributed by atoms with E-state index in [2.05, 4.69) is 33.8 Å². The molecule has 0 aromatic heterocycles. The van der Waals surface area contributed by atoms with Crippen LogP contribution < -0.4 is 4.74 Å². The van der Waals surface area contributed by atoms with Crippen molar-refractivity contribution < 1.29 is 14.9 Å². The van der Waals surface area contributed by atoms with Crippen LogP contribution in [0.4, 0.5) is 0 Å². The van der Waals surface area contributed by atoms with E-state index in [1.54, 1.807) is 0 Å². The fourth-order valence-corrected chi connectivity index (χ4v) is 4.71. The van der Waals surface area contributed by atoms with Gasteiger partial charge in [0.25, 0.3) is 0 Å². The second-order valence-electron chi connectivity index (χ2n) is 8.37. The molecule has 1 aromatic carbocycles. The molecule has 1 aliphatic carbocycles. The van der Waals surface area contributed by atoms with Crippen molar-refractivity contribution in [1.82, 2.24) is 0 Å². The van der Waals surface area contributed by atoms with Gasteiger partial charge < -0.3 is 14.9 Å². The molecule has 4 atom stereocenters. The SMILES string of the molecule is CCCCCc1cc(O)c2c(c1)OC(C)(C)[C@@H]1CC[C@H](C)[C@H](O)C21. The Morgan fingerprint density at radius 3 is 2.67 bits per heavy atom. The van der Waals surface area contributed by atoms with Crippen LogP contribution in [0.3, 0.4) is 0 Å². The maximum atomic E-state index is 10.9. The second kappa shape index (κ2) is 6.59. The first-order chi connectivity index (χ1) is 11.3. The Hall–Kier alpha value is -1.22. The maximum absolute atomic E-state index is 10.9. The first-order valence-electron chi connectivity index (χ1n) is 9.58. The Balaban J connectivity index is 1.99. The van der Waals surface area contributed by atoms with E-state index in [4.69, 9.17) is 4.74 Å². The molecule has 3 nitrogen and oxygen atoms in total. The van der Waals surface area contributed by atoms with E-state index in [1.807, 2.05) is 6.07 Å². The van der Waals surface area contributed by atoms with Crippen molar-refractivity contribution in [3.8, 4) is 11.5 Å². The fraction of sp³-hybridized carbons (Fsp3) is 0.714. The minimum atomic E-state index is -0.414. The van der Waals surface area contributed by atoms with Gasteiger partial charge in [-0.1, -0.05) is 26.7 Å². The molecule has 1 fully saturated rings. The van der Waals surface area contributed by atoms with Gasteiger partial charge in [0.2, 0.25) is 0 Å². The second-order valence-corrected chi connectivity index (χ2v) is 8.37. The lowest BCUT2D eigenvalue weighted by atomic mass is 9.62. The number of hydrogen-bond donors (Lipinski definition) is 2. The van der Waals surface area contributed by atoms with Crippen LogP contribution in [0.1, 0.15) is 76.8 Å². The highest BCUT2D eigenvalue weighted by Crippen LogP contribution is 2.55. The molecule has 134 valence electrons. The number of phenolic OH excluding ortho intramolecular Hbond substituents is 1. The molecule has 1 unspecified atom stereocenters. The molecule has 0 spiro atoms. The van der Waals surface area contributed by atoms with Gasteiger partial charge in [0.05, 0.1) is 6.10 Å². The summed E-state index contributed by atoms with van der Waals surface area (Å²) in [6.45, 7) is 8.55. The van der Waals surface area contributed by atoms with Crippen LogP contribution in [0.2, 0.25) is 0 Å². The molecule has 2 N–H and O–H groups in total. The smallest absolute Gasteiger partial charge is 0.127 e. The normalized spacial score (nSPS) is 31.0. The Bertz CT molecular complexity index is 593. The van der Waals surface area contributed by atoms with Gasteiger partial charge >= 0.3 is 0 Å². The van der Waals surface area contributed by atoms with Crippen LogP contribution in [0.25, 0.3) is 0 Å². The highest BCUT2D eigenvalue weighted by molar-refractivity contribution is 5.52. The van der Waals surface area contributed by atoms with Gasteiger partial charge in [-0.05, 0) is 63.1 Å². The molecule has 2 aliphatic rings. The molecular formula is C21H32O3. The van der Waals surface area contributed by atoms with E-state index in [9.17, 15) is 10.2 Å². The van der Waals surface area contributed by atoms with Crippen LogP contribution in [-0.4, -0.2) is 21.9 Å². The van der Waals surface area contributed by atoms with Crippen LogP contribution in [0.15, 0.2) is 12.1 Å². The molecule has 0 saturated heterocycles. The number of hydrogen-bond acceptors (Lipinski definition) is 3. The first kappa shape index (κ1) is 17.6. The fourth-order valence-electron chi connectivity index (χ4n) is 4.71. The van der Waals surface area contributed by atoms with E-state index >= 15 is 0 Å². The molecule has 0 bridgehead atoms. The van der Waals surface area contributed by atoms with Crippen molar-refractivity contribution in [1.29, 1.82) is 0 Å². The summed E-state index contributed by atoms with van der Waals surface area (Å²) in [4.78, 5) is 0.